The minimum absolute atomic E-state index is 1.23. The van der Waals surface area contributed by atoms with Crippen molar-refractivity contribution in [3.8, 4) is 89.0 Å². The topological polar surface area (TPSA) is 0 Å². The van der Waals surface area contributed by atoms with Gasteiger partial charge in [0.1, 0.15) is 0 Å². The molecule has 0 unspecified atom stereocenters. The molecule has 0 saturated carbocycles. The van der Waals surface area contributed by atoms with Gasteiger partial charge in [-0.2, -0.15) is 0 Å². The molecule has 0 aliphatic carbocycles. The summed E-state index contributed by atoms with van der Waals surface area (Å²) in [4.78, 5) is 0. The number of thiophene rings is 2. The Morgan fingerprint density at radius 3 is 0.918 bits per heavy atom. The van der Waals surface area contributed by atoms with Gasteiger partial charge < -0.3 is 0 Å². The van der Waals surface area contributed by atoms with E-state index in [1.807, 2.05) is 22.7 Å². The molecule has 0 saturated heterocycles. The largest absolute Gasteiger partial charge is 0.135 e. The molecule has 0 nitrogen and oxygen atoms in total. The molecule has 0 fully saturated rings. The lowest BCUT2D eigenvalue weighted by Crippen LogP contribution is -1.87. The van der Waals surface area contributed by atoms with Crippen LogP contribution in [0.25, 0.3) is 194 Å². The minimum atomic E-state index is 1.23. The van der Waals surface area contributed by atoms with Gasteiger partial charge >= 0.3 is 0 Å². The highest BCUT2D eigenvalue weighted by Gasteiger charge is 2.17. The van der Waals surface area contributed by atoms with Crippen LogP contribution in [-0.2, 0) is 0 Å². The molecule has 0 atom stereocenters. The third-order valence-electron chi connectivity index (χ3n) is 20.2. The van der Waals surface area contributed by atoms with Crippen LogP contribution in [-0.4, -0.2) is 0 Å². The van der Waals surface area contributed by atoms with Crippen molar-refractivity contribution in [3.05, 3.63) is 364 Å². The highest BCUT2D eigenvalue weighted by molar-refractivity contribution is 7.26. The average Bonchev–Trinajstić information content (AvgIpc) is 1.27. The molecule has 0 radical (unpaired) electrons. The van der Waals surface area contributed by atoms with E-state index in [1.54, 1.807) is 0 Å². The van der Waals surface area contributed by atoms with Gasteiger partial charge in [-0.25, -0.2) is 0 Å². The predicted octanol–water partition coefficient (Wildman–Crippen LogP) is 28.4. The normalized spacial score (nSPS) is 11.7. The van der Waals surface area contributed by atoms with E-state index in [4.69, 9.17) is 0 Å². The van der Waals surface area contributed by atoms with Crippen molar-refractivity contribution in [2.75, 3.05) is 0 Å². The molecule has 2 heterocycles. The van der Waals surface area contributed by atoms with Gasteiger partial charge in [-0.1, -0.05) is 322 Å². The Morgan fingerprint density at radius 2 is 0.439 bits per heavy atom. The van der Waals surface area contributed by atoms with Gasteiger partial charge in [0.25, 0.3) is 0 Å². The summed E-state index contributed by atoms with van der Waals surface area (Å²) >= 11 is 3.77. The number of benzene rings is 18. The van der Waals surface area contributed by atoms with Crippen LogP contribution in [0.1, 0.15) is 0 Å². The van der Waals surface area contributed by atoms with Gasteiger partial charge in [-0.15, -0.1) is 22.7 Å². The maximum atomic E-state index is 2.37. The summed E-state index contributed by atoms with van der Waals surface area (Å²) in [5.41, 5.74) is 20.0. The summed E-state index contributed by atoms with van der Waals surface area (Å²) in [7, 11) is 0. The lowest BCUT2D eigenvalue weighted by molar-refractivity contribution is 1.61. The fourth-order valence-electron chi connectivity index (χ4n) is 15.2. The van der Waals surface area contributed by atoms with Gasteiger partial charge in [0.2, 0.25) is 0 Å². The molecule has 98 heavy (non-hydrogen) atoms. The molecule has 0 aliphatic rings. The average molecular weight is 1280 g/mol. The molecule has 0 spiro atoms. The highest BCUT2D eigenvalue weighted by Crippen LogP contribution is 2.45. The van der Waals surface area contributed by atoms with Crippen LogP contribution < -0.4 is 0 Å². The Hall–Kier alpha value is -12.0. The van der Waals surface area contributed by atoms with Crippen LogP contribution in [0.2, 0.25) is 0 Å². The van der Waals surface area contributed by atoms with Crippen molar-refractivity contribution in [2.24, 2.45) is 0 Å². The molecular weight excluding hydrogens is 1220 g/mol. The molecule has 0 amide bonds. The number of fused-ring (bicyclic) bond motifs is 14. The standard InChI is InChI=1S/2C48H30S/c1-2-11-38-32(9-1)10-7-15-39(38)33-21-19-31(20-22-33)36-27-28-37-30-45(41-12-3-4-13-42(41)46(37)29-36)35-25-23-34(24-26-35)40-16-8-17-44-43-14-5-6-18-47(43)49-48(40)44;1-2-9-36-28-37(25-20-31(36)8-1)32-16-18-33(19-17-32)38-26-27-39-30-45(41-10-3-4-11-42(41)46(39)29-38)35-23-21-34(22-24-35)40-13-7-14-44-43-12-5-6-15-47(43)49-48(40)44/h2*1-30H. The maximum Gasteiger partial charge on any atom is 0.0433 e. The maximum absolute atomic E-state index is 2.37. The second kappa shape index (κ2) is 24.0. The zero-order valence-corrected chi connectivity index (χ0v) is 55.1. The van der Waals surface area contributed by atoms with Crippen LogP contribution in [0.4, 0.5) is 0 Å². The fraction of sp³-hybridized carbons (Fsp3) is 0. The van der Waals surface area contributed by atoms with Crippen molar-refractivity contribution < 1.29 is 0 Å². The van der Waals surface area contributed by atoms with Gasteiger partial charge in [-0.05, 0) is 196 Å². The quantitative estimate of drug-likeness (QED) is 0.133. The summed E-state index contributed by atoms with van der Waals surface area (Å²) < 4.78 is 5.38. The van der Waals surface area contributed by atoms with Crippen LogP contribution in [0.15, 0.2) is 364 Å². The first-order valence-electron chi connectivity index (χ1n) is 33.7. The molecule has 20 aromatic rings. The third kappa shape index (κ3) is 10.1. The van der Waals surface area contributed by atoms with Crippen LogP contribution in [0, 0.1) is 0 Å². The zero-order valence-electron chi connectivity index (χ0n) is 53.5. The van der Waals surface area contributed by atoms with E-state index in [1.165, 1.54) is 194 Å². The Kier molecular flexibility index (Phi) is 14.1. The van der Waals surface area contributed by atoms with Crippen molar-refractivity contribution in [1.82, 2.24) is 0 Å². The Balaban J connectivity index is 0.000000137. The monoisotopic (exact) mass is 1280 g/mol. The molecule has 2 aromatic heterocycles. The summed E-state index contributed by atoms with van der Waals surface area (Å²) in [5, 5.41) is 20.6. The summed E-state index contributed by atoms with van der Waals surface area (Å²) in [5.74, 6) is 0. The smallest absolute Gasteiger partial charge is 0.0433 e. The number of hydrogen-bond acceptors (Lipinski definition) is 2. The van der Waals surface area contributed by atoms with E-state index < -0.39 is 0 Å². The fourth-order valence-corrected chi connectivity index (χ4v) is 17.7. The first-order valence-corrected chi connectivity index (χ1v) is 35.3. The Morgan fingerprint density at radius 1 is 0.133 bits per heavy atom. The Bertz CT molecular complexity index is 6490. The first kappa shape index (κ1) is 57.4. The van der Waals surface area contributed by atoms with Gasteiger partial charge in [-0.3, -0.25) is 0 Å². The molecule has 0 N–H and O–H groups in total. The molecular formula is C96H60S2. The van der Waals surface area contributed by atoms with Crippen molar-refractivity contribution in [1.29, 1.82) is 0 Å². The van der Waals surface area contributed by atoms with E-state index in [9.17, 15) is 0 Å². The lowest BCUT2D eigenvalue weighted by atomic mass is 9.90. The Labute approximate surface area is 576 Å². The number of rotatable bonds is 8. The van der Waals surface area contributed by atoms with E-state index in [-0.39, 0.29) is 0 Å². The summed E-state index contributed by atoms with van der Waals surface area (Å²) in [6, 6.07) is 134. The van der Waals surface area contributed by atoms with E-state index >= 15 is 0 Å². The van der Waals surface area contributed by atoms with Crippen LogP contribution in [0.5, 0.6) is 0 Å². The first-order chi connectivity index (χ1) is 48.5. The lowest BCUT2D eigenvalue weighted by Gasteiger charge is -2.13. The third-order valence-corrected chi connectivity index (χ3v) is 22.6. The molecule has 20 rings (SSSR count). The molecule has 2 heteroatoms. The van der Waals surface area contributed by atoms with Crippen LogP contribution >= 0.6 is 22.7 Å². The van der Waals surface area contributed by atoms with Crippen molar-refractivity contribution in [2.45, 2.75) is 0 Å². The zero-order chi connectivity index (χ0) is 64.6. The predicted molar refractivity (Wildman–Crippen MR) is 427 cm³/mol. The second-order valence-electron chi connectivity index (χ2n) is 25.8. The molecule has 456 valence electrons. The van der Waals surface area contributed by atoms with Gasteiger partial charge in [0, 0.05) is 40.3 Å². The highest BCUT2D eigenvalue weighted by atomic mass is 32.1. The van der Waals surface area contributed by atoms with E-state index in [0.29, 0.717) is 0 Å². The minimum Gasteiger partial charge on any atom is -0.135 e. The molecule has 0 aliphatic heterocycles. The molecule has 18 aromatic carbocycles. The van der Waals surface area contributed by atoms with Gasteiger partial charge in [0.05, 0.1) is 0 Å². The van der Waals surface area contributed by atoms with Gasteiger partial charge in [0.15, 0.2) is 0 Å². The van der Waals surface area contributed by atoms with Crippen molar-refractivity contribution in [3.63, 3.8) is 0 Å². The SMILES string of the molecule is c1ccc2c(-c3ccc(-c4ccc5cc(-c6ccc(-c7cccc8c7sc7ccccc78)cc6)c6ccccc6c5c4)cc3)cccc2c1.c1ccc2cc(-c3ccc(-c4ccc5cc(-c6ccc(-c7cccc8c7sc7ccccc78)cc6)c6ccccc6c5c4)cc3)ccc2c1. The van der Waals surface area contributed by atoms with Crippen LogP contribution in [0.3, 0.4) is 0 Å². The summed E-state index contributed by atoms with van der Waals surface area (Å²) in [6.07, 6.45) is 0. The molecule has 0 bridgehead atoms. The second-order valence-corrected chi connectivity index (χ2v) is 27.9. The number of hydrogen-bond donors (Lipinski definition) is 0. The van der Waals surface area contributed by atoms with E-state index in [2.05, 4.69) is 364 Å². The van der Waals surface area contributed by atoms with Crippen molar-refractivity contribution >= 4 is 128 Å². The summed E-state index contributed by atoms with van der Waals surface area (Å²) in [6.45, 7) is 0. The van der Waals surface area contributed by atoms with E-state index in [0.717, 1.165) is 0 Å².